The summed E-state index contributed by atoms with van der Waals surface area (Å²) in [5, 5.41) is 0. The van der Waals surface area contributed by atoms with Gasteiger partial charge in [-0.3, -0.25) is 0 Å². The fourth-order valence-corrected chi connectivity index (χ4v) is 0. The van der Waals surface area contributed by atoms with Crippen molar-refractivity contribution in [2.24, 2.45) is 0 Å². The van der Waals surface area contributed by atoms with Crippen LogP contribution in [-0.4, -0.2) is 29.8 Å². The van der Waals surface area contributed by atoms with Gasteiger partial charge in [0.1, 0.15) is 0 Å². The van der Waals surface area contributed by atoms with Crippen LogP contribution in [0, 0.1) is 0 Å². The van der Waals surface area contributed by atoms with E-state index in [9.17, 15) is 0 Å². The molecule has 0 aliphatic carbocycles. The predicted molar refractivity (Wildman–Crippen MR) is 13.0 cm³/mol. The molecule has 0 fully saturated rings. The van der Waals surface area contributed by atoms with Crippen LogP contribution in [0.5, 0.6) is 0 Å². The van der Waals surface area contributed by atoms with E-state index in [4.69, 9.17) is 0 Å². The summed E-state index contributed by atoms with van der Waals surface area (Å²) in [6.45, 7) is 0. The zero-order valence-corrected chi connectivity index (χ0v) is 6.24. The summed E-state index contributed by atoms with van der Waals surface area (Å²) < 4.78 is 0. The smallest absolute Gasteiger partial charge is 0 e. The maximum atomic E-state index is 0. The maximum Gasteiger partial charge on any atom is 0 e. The van der Waals surface area contributed by atoms with Crippen LogP contribution >= 0.6 is 0 Å². The summed E-state index contributed by atoms with van der Waals surface area (Å²) >= 11 is 0. The van der Waals surface area contributed by atoms with Gasteiger partial charge in [-0.25, -0.2) is 0 Å². The third kappa shape index (κ3) is 36.9. The SMILES string of the molecule is O.O.[Co].[Li].[Mn].[Ni]. The van der Waals surface area contributed by atoms with E-state index in [1.54, 1.807) is 0 Å². The third-order valence-corrected chi connectivity index (χ3v) is 0. The van der Waals surface area contributed by atoms with E-state index in [0.717, 1.165) is 0 Å². The molecule has 0 bridgehead atoms. The van der Waals surface area contributed by atoms with Crippen LogP contribution in [0.2, 0.25) is 0 Å². The van der Waals surface area contributed by atoms with Gasteiger partial charge >= 0.3 is 0 Å². The molecule has 0 heterocycles. The first-order valence-electron chi connectivity index (χ1n) is 0. The summed E-state index contributed by atoms with van der Waals surface area (Å²) in [5.41, 5.74) is 0. The second-order valence-corrected chi connectivity index (χ2v) is 0. The van der Waals surface area contributed by atoms with Gasteiger partial charge in [-0.2, -0.15) is 0 Å². The molecule has 0 saturated heterocycles. The Hall–Kier alpha value is 2.04. The van der Waals surface area contributed by atoms with E-state index in [1.165, 1.54) is 0 Å². The Bertz CT molecular complexity index is 13.5. The normalized spacial score (nSPS) is 0. The second kappa shape index (κ2) is 61.8. The van der Waals surface area contributed by atoms with Crippen molar-refractivity contribution in [3.63, 3.8) is 0 Å². The van der Waals surface area contributed by atoms with Gasteiger partial charge in [-0.1, -0.05) is 0 Å². The van der Waals surface area contributed by atoms with Crippen LogP contribution in [0.15, 0.2) is 0 Å². The zero-order chi connectivity index (χ0) is 0. The van der Waals surface area contributed by atoms with Gasteiger partial charge in [0.25, 0.3) is 0 Å². The van der Waals surface area contributed by atoms with Crippen molar-refractivity contribution in [2.75, 3.05) is 0 Å². The van der Waals surface area contributed by atoms with Gasteiger partial charge < -0.3 is 11.0 Å². The van der Waals surface area contributed by atoms with Gasteiger partial charge in [0, 0.05) is 69.2 Å². The fourth-order valence-electron chi connectivity index (χ4n) is 0. The Labute approximate surface area is 79.6 Å². The van der Waals surface area contributed by atoms with E-state index in [2.05, 4.69) is 0 Å². The standard InChI is InChI=1S/Co.Li.Mn.Ni.2H2O/h;;;;2*1H2. The molecule has 0 aliphatic rings. The Morgan fingerprint density at radius 3 is 0.833 bits per heavy atom. The molecule has 0 amide bonds. The van der Waals surface area contributed by atoms with E-state index < -0.39 is 0 Å². The molecule has 0 unspecified atom stereocenters. The molecule has 0 spiro atoms. The quantitative estimate of drug-likeness (QED) is 0.418. The molecule has 4 N–H and O–H groups in total. The molecule has 0 saturated carbocycles. The molecule has 6 heteroatoms. The molecule has 0 aromatic heterocycles. The van der Waals surface area contributed by atoms with Crippen molar-refractivity contribution in [1.29, 1.82) is 0 Å². The van der Waals surface area contributed by atoms with Crippen LogP contribution in [-0.2, 0) is 50.3 Å². The van der Waals surface area contributed by atoms with E-state index in [1.807, 2.05) is 0 Å². The first-order valence-corrected chi connectivity index (χ1v) is 0. The molecule has 3 radical (unpaired) electrons. The molecule has 43 valence electrons. The monoisotopic (exact) mass is 215 g/mol. The van der Waals surface area contributed by atoms with Gasteiger partial charge in [0.15, 0.2) is 0 Å². The Balaban J connectivity index is 0. The minimum Gasteiger partial charge on any atom is -0.412 e. The van der Waals surface area contributed by atoms with E-state index in [-0.39, 0.29) is 80.2 Å². The van der Waals surface area contributed by atoms with Crippen molar-refractivity contribution in [3.05, 3.63) is 0 Å². The van der Waals surface area contributed by atoms with Crippen molar-refractivity contribution >= 4 is 18.9 Å². The molecular weight excluding hydrogens is 212 g/mol. The first kappa shape index (κ1) is 95.9. The maximum absolute atomic E-state index is 0. The van der Waals surface area contributed by atoms with Crippen LogP contribution in [0.1, 0.15) is 0 Å². The number of hydrogen-bond donors (Lipinski definition) is 0. The molecule has 0 aromatic carbocycles. The van der Waals surface area contributed by atoms with Gasteiger partial charge in [-0.15, -0.1) is 0 Å². The van der Waals surface area contributed by atoms with Gasteiger partial charge in [-0.05, 0) is 0 Å². The molecule has 0 atom stereocenters. The van der Waals surface area contributed by atoms with E-state index in [0.29, 0.717) is 0 Å². The van der Waals surface area contributed by atoms with Crippen LogP contribution < -0.4 is 0 Å². The molecule has 2 nitrogen and oxygen atoms in total. The Kier molecular flexibility index (Phi) is 988. The average Bonchev–Trinajstić information content (AvgIpc) is 0. The van der Waals surface area contributed by atoms with Crippen molar-refractivity contribution in [2.45, 2.75) is 0 Å². The topological polar surface area (TPSA) is 63.0 Å². The Morgan fingerprint density at radius 2 is 0.833 bits per heavy atom. The minimum atomic E-state index is 0. The molecule has 0 rings (SSSR count). The second-order valence-electron chi connectivity index (χ2n) is 0. The van der Waals surface area contributed by atoms with Crippen LogP contribution in [0.25, 0.3) is 0 Å². The average molecular weight is 216 g/mol. The summed E-state index contributed by atoms with van der Waals surface area (Å²) in [5.74, 6) is 0. The molecular formula is H4CoLiMnNiO2. The number of hydrogen-bond acceptors (Lipinski definition) is 0. The summed E-state index contributed by atoms with van der Waals surface area (Å²) in [6, 6.07) is 0. The van der Waals surface area contributed by atoms with Crippen molar-refractivity contribution in [1.82, 2.24) is 0 Å². The fraction of sp³-hybridized carbons (Fsp3) is 0. The predicted octanol–water partition coefficient (Wildman–Crippen LogP) is -2.04. The molecule has 0 aromatic rings. The minimum absolute atomic E-state index is 0. The first-order chi connectivity index (χ1) is 0. The Morgan fingerprint density at radius 1 is 0.833 bits per heavy atom. The van der Waals surface area contributed by atoms with Crippen LogP contribution in [0.4, 0.5) is 0 Å². The van der Waals surface area contributed by atoms with Crippen molar-refractivity contribution < 1.29 is 61.3 Å². The third-order valence-electron chi connectivity index (χ3n) is 0. The van der Waals surface area contributed by atoms with Gasteiger partial charge in [0.05, 0.1) is 0 Å². The molecule has 6 heavy (non-hydrogen) atoms. The van der Waals surface area contributed by atoms with E-state index >= 15 is 0 Å². The van der Waals surface area contributed by atoms with Gasteiger partial charge in [0.2, 0.25) is 0 Å². The molecule has 0 aliphatic heterocycles. The number of rotatable bonds is 0. The largest absolute Gasteiger partial charge is 0.412 e. The summed E-state index contributed by atoms with van der Waals surface area (Å²) in [7, 11) is 0. The van der Waals surface area contributed by atoms with Crippen molar-refractivity contribution in [3.8, 4) is 0 Å². The summed E-state index contributed by atoms with van der Waals surface area (Å²) in [6.07, 6.45) is 0. The van der Waals surface area contributed by atoms with Crippen LogP contribution in [0.3, 0.4) is 0 Å². The zero-order valence-electron chi connectivity index (χ0n) is 3.03. The summed E-state index contributed by atoms with van der Waals surface area (Å²) in [4.78, 5) is 0.